The van der Waals surface area contributed by atoms with Crippen LogP contribution in [0.5, 0.6) is 0 Å². The van der Waals surface area contributed by atoms with Crippen LogP contribution in [0.4, 0.5) is 0 Å². The van der Waals surface area contributed by atoms with Gasteiger partial charge in [0.1, 0.15) is 11.2 Å². The van der Waals surface area contributed by atoms with Gasteiger partial charge in [0.15, 0.2) is 5.58 Å². The average molecular weight is 416 g/mol. The Hall–Kier alpha value is -2.28. The number of furan rings is 1. The minimum Gasteiger partial charge on any atom is -0.463 e. The van der Waals surface area contributed by atoms with Crippen molar-refractivity contribution < 1.29 is 18.7 Å². The Morgan fingerprint density at radius 1 is 1.37 bits per heavy atom. The number of hydrogen-bond donors (Lipinski definition) is 1. The molecule has 7 heteroatoms. The average Bonchev–Trinajstić information content (AvgIpc) is 3.31. The van der Waals surface area contributed by atoms with E-state index in [1.807, 2.05) is 24.5 Å². The van der Waals surface area contributed by atoms with Crippen LogP contribution >= 0.6 is 0 Å². The molecule has 0 aromatic carbocycles. The Morgan fingerprint density at radius 3 is 2.93 bits per heavy atom. The molecule has 164 valence electrons. The predicted octanol–water partition coefficient (Wildman–Crippen LogP) is 3.57. The molecule has 3 atom stereocenters. The van der Waals surface area contributed by atoms with Gasteiger partial charge in [0.2, 0.25) is 5.91 Å². The summed E-state index contributed by atoms with van der Waals surface area (Å²) in [4.78, 5) is 28.8. The molecule has 3 heterocycles. The fourth-order valence-corrected chi connectivity index (χ4v) is 4.95. The van der Waals surface area contributed by atoms with E-state index in [9.17, 15) is 9.59 Å². The second-order valence-electron chi connectivity index (χ2n) is 8.91. The number of nitrogens with zero attached hydrogens (tertiary/aromatic N) is 2. The summed E-state index contributed by atoms with van der Waals surface area (Å²) in [5.41, 5.74) is 1.16. The molecule has 0 saturated heterocycles. The SMILES string of the molecule is CCOCCCN1C(=O)c2cc3occc3n2C[C@]1(C)C(=O)N[C@H]1CCCC[C@@H]1C. The second kappa shape index (κ2) is 8.46. The number of ether oxygens (including phenoxy) is 1. The van der Waals surface area contributed by atoms with Crippen molar-refractivity contribution in [1.82, 2.24) is 14.8 Å². The van der Waals surface area contributed by atoms with Crippen LogP contribution in [0.25, 0.3) is 11.1 Å². The lowest BCUT2D eigenvalue weighted by atomic mass is 9.85. The first kappa shape index (κ1) is 21.0. The van der Waals surface area contributed by atoms with Crippen LogP contribution in [-0.2, 0) is 16.1 Å². The van der Waals surface area contributed by atoms with Gasteiger partial charge in [-0.2, -0.15) is 0 Å². The van der Waals surface area contributed by atoms with Crippen molar-refractivity contribution in [2.75, 3.05) is 19.8 Å². The topological polar surface area (TPSA) is 76.7 Å². The minimum absolute atomic E-state index is 0.0676. The summed E-state index contributed by atoms with van der Waals surface area (Å²) in [6.45, 7) is 8.16. The van der Waals surface area contributed by atoms with E-state index in [2.05, 4.69) is 12.2 Å². The standard InChI is InChI=1S/C23H33N3O4/c1-4-29-12-7-11-26-21(27)19-14-20-18(10-13-30-20)25(19)15-23(26,3)22(28)24-17-9-6-5-8-16(17)2/h10,13-14,16-17H,4-9,11-12,15H2,1-3H3,(H,24,28)/t16-,17-,23+/m0/s1. The highest BCUT2D eigenvalue weighted by atomic mass is 16.5. The molecule has 1 fully saturated rings. The molecule has 7 nitrogen and oxygen atoms in total. The van der Waals surface area contributed by atoms with E-state index in [0.717, 1.165) is 24.8 Å². The third kappa shape index (κ3) is 3.64. The van der Waals surface area contributed by atoms with Gasteiger partial charge in [0, 0.05) is 37.9 Å². The molecule has 2 amide bonds. The number of hydrogen-bond acceptors (Lipinski definition) is 4. The molecule has 1 aliphatic carbocycles. The maximum Gasteiger partial charge on any atom is 0.271 e. The smallest absolute Gasteiger partial charge is 0.271 e. The molecule has 0 radical (unpaired) electrons. The highest BCUT2D eigenvalue weighted by Crippen LogP contribution is 2.33. The monoisotopic (exact) mass is 415 g/mol. The van der Waals surface area contributed by atoms with E-state index in [0.29, 0.717) is 49.9 Å². The Labute approximate surface area is 177 Å². The quantitative estimate of drug-likeness (QED) is 0.702. The van der Waals surface area contributed by atoms with E-state index in [-0.39, 0.29) is 17.9 Å². The predicted molar refractivity (Wildman–Crippen MR) is 114 cm³/mol. The van der Waals surface area contributed by atoms with Crippen molar-refractivity contribution in [3.05, 3.63) is 24.1 Å². The maximum absolute atomic E-state index is 13.6. The lowest BCUT2D eigenvalue weighted by Crippen LogP contribution is -2.65. The molecule has 0 unspecified atom stereocenters. The van der Waals surface area contributed by atoms with Gasteiger partial charge in [-0.3, -0.25) is 9.59 Å². The summed E-state index contributed by atoms with van der Waals surface area (Å²) >= 11 is 0. The van der Waals surface area contributed by atoms with E-state index in [1.165, 1.54) is 6.42 Å². The van der Waals surface area contributed by atoms with Crippen LogP contribution in [0.3, 0.4) is 0 Å². The van der Waals surface area contributed by atoms with Crippen molar-refractivity contribution >= 4 is 22.9 Å². The molecule has 2 aromatic heterocycles. The van der Waals surface area contributed by atoms with Gasteiger partial charge in [-0.1, -0.05) is 19.8 Å². The van der Waals surface area contributed by atoms with Crippen molar-refractivity contribution in [2.24, 2.45) is 5.92 Å². The number of rotatable bonds is 7. The first-order valence-corrected chi connectivity index (χ1v) is 11.2. The molecule has 1 aliphatic heterocycles. The van der Waals surface area contributed by atoms with Crippen LogP contribution in [0, 0.1) is 5.92 Å². The van der Waals surface area contributed by atoms with Crippen molar-refractivity contribution in [1.29, 1.82) is 0 Å². The van der Waals surface area contributed by atoms with Gasteiger partial charge >= 0.3 is 0 Å². The molecule has 2 aromatic rings. The zero-order valence-corrected chi connectivity index (χ0v) is 18.3. The van der Waals surface area contributed by atoms with Crippen LogP contribution in [-0.4, -0.2) is 52.6 Å². The van der Waals surface area contributed by atoms with Crippen molar-refractivity contribution in [3.63, 3.8) is 0 Å². The minimum atomic E-state index is -0.962. The number of amides is 2. The number of carbonyl (C=O) groups is 2. The molecular formula is C23H33N3O4. The van der Waals surface area contributed by atoms with E-state index >= 15 is 0 Å². The lowest BCUT2D eigenvalue weighted by Gasteiger charge is -2.45. The van der Waals surface area contributed by atoms with Crippen molar-refractivity contribution in [3.8, 4) is 0 Å². The zero-order valence-electron chi connectivity index (χ0n) is 18.3. The summed E-state index contributed by atoms with van der Waals surface area (Å²) in [5, 5.41) is 3.30. The summed E-state index contributed by atoms with van der Waals surface area (Å²) < 4.78 is 12.9. The highest BCUT2D eigenvalue weighted by molar-refractivity contribution is 6.02. The fourth-order valence-electron chi connectivity index (χ4n) is 4.95. The molecule has 1 N–H and O–H groups in total. The van der Waals surface area contributed by atoms with Crippen LogP contribution < -0.4 is 5.32 Å². The van der Waals surface area contributed by atoms with Gasteiger partial charge in [0.25, 0.3) is 5.91 Å². The molecule has 0 bridgehead atoms. The summed E-state index contributed by atoms with van der Waals surface area (Å²) in [5.74, 6) is 0.264. The fraction of sp³-hybridized carbons (Fsp3) is 0.652. The van der Waals surface area contributed by atoms with Gasteiger partial charge in [-0.15, -0.1) is 0 Å². The Kier molecular flexibility index (Phi) is 5.91. The molecule has 0 spiro atoms. The first-order chi connectivity index (χ1) is 14.5. The highest BCUT2D eigenvalue weighted by Gasteiger charge is 2.48. The van der Waals surface area contributed by atoms with Crippen LogP contribution in [0.1, 0.15) is 63.4 Å². The van der Waals surface area contributed by atoms with Crippen LogP contribution in [0.2, 0.25) is 0 Å². The zero-order chi connectivity index (χ0) is 21.3. The third-order valence-electron chi connectivity index (χ3n) is 6.84. The number of aromatic nitrogens is 1. The third-order valence-corrected chi connectivity index (χ3v) is 6.84. The van der Waals surface area contributed by atoms with E-state index < -0.39 is 5.54 Å². The summed E-state index contributed by atoms with van der Waals surface area (Å²) in [6.07, 6.45) is 6.81. The van der Waals surface area contributed by atoms with Gasteiger partial charge in [0.05, 0.1) is 18.3 Å². The molecule has 1 saturated carbocycles. The van der Waals surface area contributed by atoms with E-state index in [4.69, 9.17) is 9.15 Å². The maximum atomic E-state index is 13.6. The van der Waals surface area contributed by atoms with Gasteiger partial charge in [-0.25, -0.2) is 0 Å². The van der Waals surface area contributed by atoms with Gasteiger partial charge < -0.3 is 23.9 Å². The van der Waals surface area contributed by atoms with Crippen LogP contribution in [0.15, 0.2) is 22.8 Å². The molecule has 4 rings (SSSR count). The largest absolute Gasteiger partial charge is 0.463 e. The Bertz CT molecular complexity index is 917. The Morgan fingerprint density at radius 2 is 2.17 bits per heavy atom. The molecule has 2 aliphatic rings. The normalized spacial score (nSPS) is 26.8. The summed E-state index contributed by atoms with van der Waals surface area (Å²) in [6, 6.07) is 3.82. The first-order valence-electron chi connectivity index (χ1n) is 11.2. The van der Waals surface area contributed by atoms with Gasteiger partial charge in [-0.05, 0) is 39.0 Å². The lowest BCUT2D eigenvalue weighted by molar-refractivity contribution is -0.134. The number of fused-ring (bicyclic) bond motifs is 3. The number of carbonyl (C=O) groups excluding carboxylic acids is 2. The van der Waals surface area contributed by atoms with Crippen molar-refractivity contribution in [2.45, 2.75) is 71.0 Å². The summed E-state index contributed by atoms with van der Waals surface area (Å²) in [7, 11) is 0. The molecule has 30 heavy (non-hydrogen) atoms. The number of nitrogens with one attached hydrogen (secondary N) is 1. The Balaban J connectivity index is 1.63. The second-order valence-corrected chi connectivity index (χ2v) is 8.91. The van der Waals surface area contributed by atoms with E-state index in [1.54, 1.807) is 17.2 Å². The molecular weight excluding hydrogens is 382 g/mol.